The minimum atomic E-state index is -1.29. The van der Waals surface area contributed by atoms with E-state index < -0.39 is 18.7 Å². The Labute approximate surface area is 93.6 Å². The topological polar surface area (TPSA) is 98.7 Å². The summed E-state index contributed by atoms with van der Waals surface area (Å²) in [6.45, 7) is 0. The highest BCUT2D eigenvalue weighted by molar-refractivity contribution is 6.41. The molecule has 16 heavy (non-hydrogen) atoms. The van der Waals surface area contributed by atoms with Gasteiger partial charge in [0.15, 0.2) is 0 Å². The molecule has 0 unspecified atom stereocenters. The summed E-state index contributed by atoms with van der Waals surface area (Å²) >= 11 is 0. The number of urea groups is 1. The van der Waals surface area contributed by atoms with Gasteiger partial charge in [0.1, 0.15) is 5.54 Å². The summed E-state index contributed by atoms with van der Waals surface area (Å²) in [4.78, 5) is 22.7. The molecule has 1 heterocycles. The smallest absolute Gasteiger partial charge is 0.427 e. The van der Waals surface area contributed by atoms with Crippen LogP contribution in [0.3, 0.4) is 0 Å². The summed E-state index contributed by atoms with van der Waals surface area (Å²) in [6.07, 6.45) is 2.94. The SMILES string of the molecule is O=C1NC(=O)C2(CCC(CB(O)O)CC2)N1. The van der Waals surface area contributed by atoms with E-state index in [2.05, 4.69) is 10.6 Å². The monoisotopic (exact) mass is 226 g/mol. The van der Waals surface area contributed by atoms with Crippen molar-refractivity contribution in [2.45, 2.75) is 37.5 Å². The summed E-state index contributed by atoms with van der Waals surface area (Å²) < 4.78 is 0. The predicted molar refractivity (Wildman–Crippen MR) is 56.4 cm³/mol. The van der Waals surface area contributed by atoms with Gasteiger partial charge in [-0.3, -0.25) is 10.1 Å². The highest BCUT2D eigenvalue weighted by atomic mass is 16.4. The molecular formula is C9H15BN2O4. The molecule has 4 N–H and O–H groups in total. The first-order valence-electron chi connectivity index (χ1n) is 5.51. The molecule has 0 aromatic rings. The molecule has 88 valence electrons. The molecule has 0 radical (unpaired) electrons. The second kappa shape index (κ2) is 4.06. The molecule has 6 nitrogen and oxygen atoms in total. The fraction of sp³-hybridized carbons (Fsp3) is 0.778. The Morgan fingerprint density at radius 3 is 2.38 bits per heavy atom. The molecule has 1 aliphatic heterocycles. The van der Waals surface area contributed by atoms with Gasteiger partial charge < -0.3 is 15.4 Å². The van der Waals surface area contributed by atoms with Gasteiger partial charge in [-0.1, -0.05) is 0 Å². The van der Waals surface area contributed by atoms with E-state index in [9.17, 15) is 9.59 Å². The normalized spacial score (nSPS) is 33.8. The molecule has 2 aliphatic rings. The van der Waals surface area contributed by atoms with Gasteiger partial charge in [0.2, 0.25) is 0 Å². The average molecular weight is 226 g/mol. The quantitative estimate of drug-likeness (QED) is 0.367. The Morgan fingerprint density at radius 1 is 1.31 bits per heavy atom. The summed E-state index contributed by atoms with van der Waals surface area (Å²) in [7, 11) is -1.29. The average Bonchev–Trinajstić information content (AvgIpc) is 2.45. The zero-order valence-electron chi connectivity index (χ0n) is 8.90. The van der Waals surface area contributed by atoms with Gasteiger partial charge >= 0.3 is 13.1 Å². The van der Waals surface area contributed by atoms with Crippen LogP contribution in [0.25, 0.3) is 0 Å². The standard InChI is InChI=1S/C9H15BN2O4/c13-7-9(12-8(14)11-7)3-1-6(2-4-9)5-10(15)16/h6,15-16H,1-5H2,(H2,11,12,13,14). The minimum absolute atomic E-state index is 0.218. The molecule has 7 heteroatoms. The van der Waals surface area contributed by atoms with Crippen molar-refractivity contribution < 1.29 is 19.6 Å². The maximum atomic E-state index is 11.6. The predicted octanol–water partition coefficient (Wildman–Crippen LogP) is -0.772. The third-order valence-electron chi connectivity index (χ3n) is 3.52. The molecule has 3 amide bonds. The van der Waals surface area contributed by atoms with Gasteiger partial charge in [0.25, 0.3) is 5.91 Å². The highest BCUT2D eigenvalue weighted by Crippen LogP contribution is 2.35. The molecule has 1 saturated heterocycles. The number of rotatable bonds is 2. The van der Waals surface area contributed by atoms with Crippen LogP contribution in [0, 0.1) is 5.92 Å². The number of carbonyl (C=O) groups excluding carboxylic acids is 2. The van der Waals surface area contributed by atoms with E-state index in [1.54, 1.807) is 0 Å². The Kier molecular flexibility index (Phi) is 2.90. The van der Waals surface area contributed by atoms with Crippen LogP contribution in [0.4, 0.5) is 4.79 Å². The van der Waals surface area contributed by atoms with Crippen molar-refractivity contribution in [3.63, 3.8) is 0 Å². The second-order valence-corrected chi connectivity index (χ2v) is 4.65. The van der Waals surface area contributed by atoms with Crippen LogP contribution >= 0.6 is 0 Å². The first-order chi connectivity index (χ1) is 7.52. The number of carbonyl (C=O) groups is 2. The van der Waals surface area contributed by atoms with Gasteiger partial charge in [-0.2, -0.15) is 0 Å². The first kappa shape index (κ1) is 11.4. The summed E-state index contributed by atoms with van der Waals surface area (Å²) in [5.41, 5.74) is -0.742. The molecule has 1 aliphatic carbocycles. The van der Waals surface area contributed by atoms with Gasteiger partial charge in [-0.05, 0) is 37.9 Å². The number of amides is 3. The van der Waals surface area contributed by atoms with Crippen LogP contribution in [0.5, 0.6) is 0 Å². The lowest BCUT2D eigenvalue weighted by atomic mass is 9.68. The molecule has 0 atom stereocenters. The van der Waals surface area contributed by atoms with Crippen LogP contribution in [0.2, 0.25) is 6.32 Å². The zero-order valence-corrected chi connectivity index (χ0v) is 8.90. The molecule has 1 spiro atoms. The zero-order chi connectivity index (χ0) is 11.8. The molecule has 2 fully saturated rings. The Hall–Kier alpha value is -1.08. The largest absolute Gasteiger partial charge is 0.451 e. The van der Waals surface area contributed by atoms with E-state index in [1.165, 1.54) is 0 Å². The van der Waals surface area contributed by atoms with Gasteiger partial charge in [-0.25, -0.2) is 4.79 Å². The number of hydrogen-bond donors (Lipinski definition) is 4. The third-order valence-corrected chi connectivity index (χ3v) is 3.52. The molecular weight excluding hydrogens is 211 g/mol. The van der Waals surface area contributed by atoms with Crippen molar-refractivity contribution in [2.75, 3.05) is 0 Å². The van der Waals surface area contributed by atoms with Gasteiger partial charge in [-0.15, -0.1) is 0 Å². The molecule has 1 saturated carbocycles. The van der Waals surface area contributed by atoms with Gasteiger partial charge in [0.05, 0.1) is 0 Å². The van der Waals surface area contributed by atoms with E-state index in [4.69, 9.17) is 10.0 Å². The molecule has 0 aromatic heterocycles. The van der Waals surface area contributed by atoms with E-state index in [-0.39, 0.29) is 11.8 Å². The lowest BCUT2D eigenvalue weighted by Gasteiger charge is -2.34. The fourth-order valence-electron chi connectivity index (χ4n) is 2.58. The number of hydrogen-bond acceptors (Lipinski definition) is 4. The minimum Gasteiger partial charge on any atom is -0.427 e. The Bertz CT molecular complexity index is 313. The van der Waals surface area contributed by atoms with Crippen LogP contribution in [-0.2, 0) is 4.79 Å². The molecule has 0 bridgehead atoms. The van der Waals surface area contributed by atoms with Crippen molar-refractivity contribution in [3.05, 3.63) is 0 Å². The van der Waals surface area contributed by atoms with Crippen LogP contribution in [-0.4, -0.2) is 34.6 Å². The van der Waals surface area contributed by atoms with Gasteiger partial charge in [0, 0.05) is 0 Å². The van der Waals surface area contributed by atoms with Crippen molar-refractivity contribution in [2.24, 2.45) is 5.92 Å². The third kappa shape index (κ3) is 2.05. The molecule has 0 aromatic carbocycles. The highest BCUT2D eigenvalue weighted by Gasteiger charge is 2.48. The fourth-order valence-corrected chi connectivity index (χ4v) is 2.58. The Morgan fingerprint density at radius 2 is 1.94 bits per heavy atom. The van der Waals surface area contributed by atoms with E-state index in [0.29, 0.717) is 19.2 Å². The summed E-state index contributed by atoms with van der Waals surface area (Å²) in [5.74, 6) is -0.0311. The van der Waals surface area contributed by atoms with Crippen molar-refractivity contribution in [3.8, 4) is 0 Å². The number of imide groups is 1. The van der Waals surface area contributed by atoms with Crippen molar-refractivity contribution in [1.82, 2.24) is 10.6 Å². The van der Waals surface area contributed by atoms with Crippen molar-refractivity contribution in [1.29, 1.82) is 0 Å². The summed E-state index contributed by atoms with van der Waals surface area (Å²) in [6, 6.07) is -0.425. The van der Waals surface area contributed by atoms with Crippen LogP contribution in [0.1, 0.15) is 25.7 Å². The van der Waals surface area contributed by atoms with E-state index in [1.807, 2.05) is 0 Å². The van der Waals surface area contributed by atoms with E-state index in [0.717, 1.165) is 12.8 Å². The molecule has 2 rings (SSSR count). The number of nitrogens with one attached hydrogen (secondary N) is 2. The van der Waals surface area contributed by atoms with Crippen LogP contribution < -0.4 is 10.6 Å². The van der Waals surface area contributed by atoms with Crippen molar-refractivity contribution >= 4 is 19.1 Å². The lowest BCUT2D eigenvalue weighted by molar-refractivity contribution is -0.125. The maximum Gasteiger partial charge on any atom is 0.451 e. The first-order valence-corrected chi connectivity index (χ1v) is 5.51. The lowest BCUT2D eigenvalue weighted by Crippen LogP contribution is -2.49. The van der Waals surface area contributed by atoms with E-state index >= 15 is 0 Å². The summed E-state index contributed by atoms with van der Waals surface area (Å²) in [5, 5.41) is 22.6. The second-order valence-electron chi connectivity index (χ2n) is 4.65. The maximum absolute atomic E-state index is 11.6. The Balaban J connectivity index is 1.94. The van der Waals surface area contributed by atoms with Crippen LogP contribution in [0.15, 0.2) is 0 Å².